The van der Waals surface area contributed by atoms with Crippen molar-refractivity contribution in [3.05, 3.63) is 35.4 Å². The molecule has 0 heterocycles. The molecule has 0 nitrogen and oxygen atoms in total. The van der Waals surface area contributed by atoms with Crippen LogP contribution in [0.5, 0.6) is 0 Å². The minimum atomic E-state index is 0.504. The van der Waals surface area contributed by atoms with Crippen molar-refractivity contribution >= 4 is 0 Å². The van der Waals surface area contributed by atoms with Gasteiger partial charge in [-0.05, 0) is 41.2 Å². The third-order valence-electron chi connectivity index (χ3n) is 4.46. The van der Waals surface area contributed by atoms with E-state index >= 15 is 0 Å². The van der Waals surface area contributed by atoms with Crippen molar-refractivity contribution in [2.24, 2.45) is 17.3 Å². The van der Waals surface area contributed by atoms with Crippen LogP contribution in [0, 0.1) is 17.3 Å². The lowest BCUT2D eigenvalue weighted by Crippen LogP contribution is -2.33. The Labute approximate surface area is 93.7 Å². The highest BCUT2D eigenvalue weighted by Gasteiger charge is 2.41. The van der Waals surface area contributed by atoms with Crippen molar-refractivity contribution in [2.45, 2.75) is 40.5 Å². The number of hydrogen-bond acceptors (Lipinski definition) is 0. The van der Waals surface area contributed by atoms with E-state index in [9.17, 15) is 0 Å². The highest BCUT2D eigenvalue weighted by atomic mass is 14.5. The Morgan fingerprint density at radius 3 is 1.60 bits per heavy atom. The van der Waals surface area contributed by atoms with E-state index in [4.69, 9.17) is 0 Å². The normalized spacial score (nSPS) is 18.5. The zero-order valence-corrected chi connectivity index (χ0v) is 10.4. The van der Waals surface area contributed by atoms with Gasteiger partial charge in [0.15, 0.2) is 0 Å². The molecular formula is C15H22. The van der Waals surface area contributed by atoms with Crippen LogP contribution >= 0.6 is 0 Å². The SMILES string of the molecule is CC(C)C1(C(C)C)Cc2ccccc2C1. The van der Waals surface area contributed by atoms with Crippen molar-refractivity contribution in [1.82, 2.24) is 0 Å². The lowest BCUT2D eigenvalue weighted by Gasteiger charge is -2.37. The maximum atomic E-state index is 2.38. The Bertz CT molecular complexity index is 312. The fraction of sp³-hybridized carbons (Fsp3) is 0.600. The van der Waals surface area contributed by atoms with Gasteiger partial charge in [0, 0.05) is 0 Å². The summed E-state index contributed by atoms with van der Waals surface area (Å²) in [6.45, 7) is 9.52. The maximum absolute atomic E-state index is 2.38. The number of rotatable bonds is 2. The van der Waals surface area contributed by atoms with Crippen LogP contribution in [-0.2, 0) is 12.8 Å². The molecule has 0 fully saturated rings. The van der Waals surface area contributed by atoms with Crippen molar-refractivity contribution < 1.29 is 0 Å². The number of benzene rings is 1. The second-order valence-corrected chi connectivity index (χ2v) is 5.66. The second kappa shape index (κ2) is 3.66. The molecule has 0 aromatic heterocycles. The minimum Gasteiger partial charge on any atom is -0.0622 e. The summed E-state index contributed by atoms with van der Waals surface area (Å²) in [5.74, 6) is 1.54. The molecule has 0 unspecified atom stereocenters. The van der Waals surface area contributed by atoms with Gasteiger partial charge >= 0.3 is 0 Å². The van der Waals surface area contributed by atoms with Gasteiger partial charge in [-0.1, -0.05) is 52.0 Å². The minimum absolute atomic E-state index is 0.504. The van der Waals surface area contributed by atoms with E-state index < -0.39 is 0 Å². The molecular weight excluding hydrogens is 180 g/mol. The lowest BCUT2D eigenvalue weighted by atomic mass is 9.67. The fourth-order valence-electron chi connectivity index (χ4n) is 3.16. The molecule has 15 heavy (non-hydrogen) atoms. The third-order valence-corrected chi connectivity index (χ3v) is 4.46. The molecule has 1 aromatic rings. The first-order chi connectivity index (χ1) is 7.06. The average molecular weight is 202 g/mol. The average Bonchev–Trinajstić information content (AvgIpc) is 2.57. The Balaban J connectivity index is 2.36. The molecule has 0 saturated heterocycles. The largest absolute Gasteiger partial charge is 0.0622 e. The molecule has 0 saturated carbocycles. The zero-order valence-electron chi connectivity index (χ0n) is 10.4. The van der Waals surface area contributed by atoms with Crippen molar-refractivity contribution in [1.29, 1.82) is 0 Å². The topological polar surface area (TPSA) is 0 Å². The summed E-state index contributed by atoms with van der Waals surface area (Å²) < 4.78 is 0. The molecule has 0 spiro atoms. The van der Waals surface area contributed by atoms with Gasteiger partial charge in [0.25, 0.3) is 0 Å². The predicted molar refractivity (Wildman–Crippen MR) is 66.0 cm³/mol. The van der Waals surface area contributed by atoms with Crippen molar-refractivity contribution in [2.75, 3.05) is 0 Å². The van der Waals surface area contributed by atoms with Crippen LogP contribution in [0.4, 0.5) is 0 Å². The molecule has 0 N–H and O–H groups in total. The van der Waals surface area contributed by atoms with Gasteiger partial charge in [0.1, 0.15) is 0 Å². The summed E-state index contributed by atoms with van der Waals surface area (Å²) in [7, 11) is 0. The zero-order chi connectivity index (χ0) is 11.1. The molecule has 0 radical (unpaired) electrons. The van der Waals surface area contributed by atoms with Crippen LogP contribution in [0.1, 0.15) is 38.8 Å². The molecule has 1 aliphatic rings. The van der Waals surface area contributed by atoms with Gasteiger partial charge in [-0.25, -0.2) is 0 Å². The van der Waals surface area contributed by atoms with Gasteiger partial charge < -0.3 is 0 Å². The van der Waals surface area contributed by atoms with E-state index in [1.54, 1.807) is 11.1 Å². The summed E-state index contributed by atoms with van der Waals surface area (Å²) in [6.07, 6.45) is 2.55. The molecule has 1 aromatic carbocycles. The molecule has 2 rings (SSSR count). The molecule has 0 atom stereocenters. The van der Waals surface area contributed by atoms with E-state index in [0.29, 0.717) is 5.41 Å². The van der Waals surface area contributed by atoms with E-state index in [0.717, 1.165) is 11.8 Å². The van der Waals surface area contributed by atoms with Crippen LogP contribution in [0.2, 0.25) is 0 Å². The standard InChI is InChI=1S/C15H22/c1-11(2)15(12(3)4)9-13-7-5-6-8-14(13)10-15/h5-8,11-12H,9-10H2,1-4H3. The van der Waals surface area contributed by atoms with E-state index in [-0.39, 0.29) is 0 Å². The van der Waals surface area contributed by atoms with Crippen LogP contribution in [0.15, 0.2) is 24.3 Å². The Hall–Kier alpha value is -0.780. The first kappa shape index (κ1) is 10.7. The molecule has 0 amide bonds. The Morgan fingerprint density at radius 1 is 0.867 bits per heavy atom. The molecule has 0 bridgehead atoms. The van der Waals surface area contributed by atoms with Gasteiger partial charge in [0.2, 0.25) is 0 Å². The van der Waals surface area contributed by atoms with Crippen molar-refractivity contribution in [3.63, 3.8) is 0 Å². The highest BCUT2D eigenvalue weighted by Crippen LogP contribution is 2.47. The van der Waals surface area contributed by atoms with Crippen LogP contribution in [0.25, 0.3) is 0 Å². The van der Waals surface area contributed by atoms with Crippen LogP contribution in [-0.4, -0.2) is 0 Å². The third kappa shape index (κ3) is 1.60. The van der Waals surface area contributed by atoms with E-state index in [1.807, 2.05) is 0 Å². The molecule has 0 aliphatic heterocycles. The Morgan fingerprint density at radius 2 is 1.27 bits per heavy atom. The maximum Gasteiger partial charge on any atom is -0.0170 e. The Kier molecular flexibility index (Phi) is 2.62. The van der Waals surface area contributed by atoms with E-state index in [1.165, 1.54) is 12.8 Å². The molecule has 82 valence electrons. The monoisotopic (exact) mass is 202 g/mol. The first-order valence-electron chi connectivity index (χ1n) is 6.13. The number of fused-ring (bicyclic) bond motifs is 1. The fourth-order valence-corrected chi connectivity index (χ4v) is 3.16. The van der Waals surface area contributed by atoms with Gasteiger partial charge in [-0.3, -0.25) is 0 Å². The molecule has 0 heteroatoms. The van der Waals surface area contributed by atoms with Gasteiger partial charge in [0.05, 0.1) is 0 Å². The molecule has 1 aliphatic carbocycles. The second-order valence-electron chi connectivity index (χ2n) is 5.66. The van der Waals surface area contributed by atoms with E-state index in [2.05, 4.69) is 52.0 Å². The quantitative estimate of drug-likeness (QED) is 0.678. The summed E-state index contributed by atoms with van der Waals surface area (Å²) in [6, 6.07) is 8.97. The first-order valence-corrected chi connectivity index (χ1v) is 6.13. The smallest absolute Gasteiger partial charge is 0.0170 e. The summed E-state index contributed by atoms with van der Waals surface area (Å²) in [5, 5.41) is 0. The van der Waals surface area contributed by atoms with Crippen molar-refractivity contribution in [3.8, 4) is 0 Å². The summed E-state index contributed by atoms with van der Waals surface area (Å²) in [5.41, 5.74) is 3.67. The summed E-state index contributed by atoms with van der Waals surface area (Å²) >= 11 is 0. The van der Waals surface area contributed by atoms with Crippen LogP contribution in [0.3, 0.4) is 0 Å². The number of hydrogen-bond donors (Lipinski definition) is 0. The van der Waals surface area contributed by atoms with Crippen LogP contribution < -0.4 is 0 Å². The van der Waals surface area contributed by atoms with Gasteiger partial charge in [-0.15, -0.1) is 0 Å². The summed E-state index contributed by atoms with van der Waals surface area (Å²) in [4.78, 5) is 0. The predicted octanol–water partition coefficient (Wildman–Crippen LogP) is 4.08. The lowest BCUT2D eigenvalue weighted by molar-refractivity contribution is 0.125. The highest BCUT2D eigenvalue weighted by molar-refractivity contribution is 5.34. The van der Waals surface area contributed by atoms with Gasteiger partial charge in [-0.2, -0.15) is 0 Å².